The summed E-state index contributed by atoms with van der Waals surface area (Å²) < 4.78 is 5.04. The highest BCUT2D eigenvalue weighted by molar-refractivity contribution is 9.11. The molecule has 0 unspecified atom stereocenters. The summed E-state index contributed by atoms with van der Waals surface area (Å²) >= 11 is 31.0. The Balaban J connectivity index is 1.41. The number of aromatic nitrogens is 4. The van der Waals surface area contributed by atoms with Gasteiger partial charge in [0.25, 0.3) is 0 Å². The Labute approximate surface area is 227 Å². The van der Waals surface area contributed by atoms with Crippen LogP contribution >= 0.6 is 78.9 Å². The minimum Gasteiger partial charge on any atom is -0.315 e. The zero-order chi connectivity index (χ0) is 23.5. The molecule has 0 radical (unpaired) electrons. The van der Waals surface area contributed by atoms with Gasteiger partial charge in [0.15, 0.2) is 16.7 Å². The molecule has 0 saturated carbocycles. The molecule has 2 aromatic carbocycles. The van der Waals surface area contributed by atoms with Gasteiger partial charge in [-0.25, -0.2) is 0 Å². The summed E-state index contributed by atoms with van der Waals surface area (Å²) in [5.41, 5.74) is 1.87. The second-order valence-corrected chi connectivity index (χ2v) is 10.3. The molecular weight excluding hydrogens is 635 g/mol. The van der Waals surface area contributed by atoms with E-state index in [1.807, 2.05) is 42.7 Å². The Hall–Kier alpha value is -1.62. The number of thiocarbonyl (C=S) groups is 1. The molecule has 0 amide bonds. The third kappa shape index (κ3) is 6.29. The van der Waals surface area contributed by atoms with E-state index < -0.39 is 0 Å². The highest BCUT2D eigenvalue weighted by Gasteiger charge is 2.13. The highest BCUT2D eigenvalue weighted by atomic mass is 79.9. The third-order valence-electron chi connectivity index (χ3n) is 4.54. The summed E-state index contributed by atoms with van der Waals surface area (Å²) in [4.78, 5) is 0. The normalized spacial score (nSPS) is 10.9. The Kier molecular flexibility index (Phi) is 7.99. The van der Waals surface area contributed by atoms with Crippen LogP contribution in [0.15, 0.2) is 63.8 Å². The first-order chi connectivity index (χ1) is 15.8. The predicted molar refractivity (Wildman–Crippen MR) is 146 cm³/mol. The van der Waals surface area contributed by atoms with Crippen LogP contribution in [0.3, 0.4) is 0 Å². The van der Waals surface area contributed by atoms with Crippen LogP contribution in [-0.4, -0.2) is 24.7 Å². The molecule has 4 rings (SSSR count). The fraction of sp³-hybridized carbons (Fsp3) is 0.0952. The van der Waals surface area contributed by atoms with E-state index in [1.54, 1.807) is 21.5 Å². The van der Waals surface area contributed by atoms with E-state index >= 15 is 0 Å². The van der Waals surface area contributed by atoms with E-state index in [9.17, 15) is 0 Å². The van der Waals surface area contributed by atoms with E-state index in [-0.39, 0.29) is 0 Å². The van der Waals surface area contributed by atoms with Crippen LogP contribution in [0.5, 0.6) is 0 Å². The van der Waals surface area contributed by atoms with Crippen LogP contribution in [0.25, 0.3) is 0 Å². The van der Waals surface area contributed by atoms with E-state index in [1.165, 1.54) is 0 Å². The minimum atomic E-state index is 0.342. The third-order valence-corrected chi connectivity index (χ3v) is 6.86. The summed E-state index contributed by atoms with van der Waals surface area (Å²) in [6, 6.07) is 13.0. The van der Waals surface area contributed by atoms with Crippen LogP contribution in [0, 0.1) is 0 Å². The van der Waals surface area contributed by atoms with Crippen molar-refractivity contribution in [2.45, 2.75) is 13.1 Å². The minimum absolute atomic E-state index is 0.342. The highest BCUT2D eigenvalue weighted by Crippen LogP contribution is 2.26. The first-order valence-electron chi connectivity index (χ1n) is 9.49. The lowest BCUT2D eigenvalue weighted by Crippen LogP contribution is -2.20. The van der Waals surface area contributed by atoms with Gasteiger partial charge in [0.2, 0.25) is 0 Å². The fourth-order valence-electron chi connectivity index (χ4n) is 3.00. The Morgan fingerprint density at radius 3 is 1.91 bits per heavy atom. The maximum Gasteiger partial charge on any atom is 0.177 e. The molecule has 2 N–H and O–H groups in total. The molecule has 0 atom stereocenters. The second kappa shape index (κ2) is 10.8. The molecule has 0 fully saturated rings. The summed E-state index contributed by atoms with van der Waals surface area (Å²) in [6.07, 6.45) is 3.69. The number of nitrogens with one attached hydrogen (secondary N) is 2. The monoisotopic (exact) mass is 646 g/mol. The van der Waals surface area contributed by atoms with Gasteiger partial charge in [-0.05, 0) is 73.4 Å². The Morgan fingerprint density at radius 2 is 1.36 bits per heavy atom. The molecule has 0 aliphatic carbocycles. The molecule has 0 spiro atoms. The van der Waals surface area contributed by atoms with E-state index in [0.717, 1.165) is 20.1 Å². The van der Waals surface area contributed by atoms with Crippen molar-refractivity contribution in [3.8, 4) is 0 Å². The molecule has 0 bridgehead atoms. The lowest BCUT2D eigenvalue weighted by atomic mass is 10.2. The smallest absolute Gasteiger partial charge is 0.177 e. The molecule has 2 aromatic heterocycles. The number of hydrogen-bond donors (Lipinski definition) is 2. The molecule has 170 valence electrons. The molecule has 6 nitrogen and oxygen atoms in total. The largest absolute Gasteiger partial charge is 0.315 e. The van der Waals surface area contributed by atoms with Gasteiger partial charge in [-0.3, -0.25) is 9.36 Å². The van der Waals surface area contributed by atoms with E-state index in [0.29, 0.717) is 44.9 Å². The van der Waals surface area contributed by atoms with Crippen LogP contribution in [0.1, 0.15) is 11.1 Å². The van der Waals surface area contributed by atoms with Crippen molar-refractivity contribution >= 4 is 95.6 Å². The molecule has 0 aliphatic rings. The number of nitrogens with zero attached hydrogens (tertiary/aromatic N) is 4. The SMILES string of the molecule is S=C(Nc1nn(Cc2ccccc2Cl)cc1Br)Nc1nn(Cc2ccc(Cl)cc2Cl)cc1Br. The molecular formula is C21H15Br2Cl3N6S. The van der Waals surface area contributed by atoms with Crippen LogP contribution in [0.2, 0.25) is 15.1 Å². The van der Waals surface area contributed by atoms with Crippen molar-refractivity contribution in [2.75, 3.05) is 10.6 Å². The lowest BCUT2D eigenvalue weighted by Gasteiger charge is -2.08. The number of benzene rings is 2. The molecule has 0 aliphatic heterocycles. The summed E-state index contributed by atoms with van der Waals surface area (Å²) in [6.45, 7) is 1.01. The summed E-state index contributed by atoms with van der Waals surface area (Å²) in [5, 5.41) is 17.4. The van der Waals surface area contributed by atoms with Gasteiger partial charge in [0.05, 0.1) is 22.0 Å². The molecule has 12 heteroatoms. The predicted octanol–water partition coefficient (Wildman–Crippen LogP) is 7.47. The zero-order valence-electron chi connectivity index (χ0n) is 16.7. The van der Waals surface area contributed by atoms with Gasteiger partial charge in [0, 0.05) is 27.5 Å². The fourth-order valence-corrected chi connectivity index (χ4v) is 4.68. The molecule has 2 heterocycles. The number of halogens is 5. The standard InChI is InChI=1S/C21H15Br2Cl3N6S/c22-15-10-31(8-12-3-1-2-4-17(12)25)29-19(15)27-21(33)28-20-16(23)11-32(30-20)9-13-5-6-14(24)7-18(13)26/h1-7,10-11H,8-9H2,(H2,27,28,29,30,33). The molecule has 33 heavy (non-hydrogen) atoms. The number of hydrogen-bond acceptors (Lipinski definition) is 3. The first kappa shape index (κ1) is 24.5. The topological polar surface area (TPSA) is 59.7 Å². The van der Waals surface area contributed by atoms with Crippen molar-refractivity contribution in [3.63, 3.8) is 0 Å². The first-order valence-corrected chi connectivity index (χ1v) is 12.6. The lowest BCUT2D eigenvalue weighted by molar-refractivity contribution is 0.689. The van der Waals surface area contributed by atoms with Gasteiger partial charge in [-0.15, -0.1) is 0 Å². The van der Waals surface area contributed by atoms with Gasteiger partial charge in [0.1, 0.15) is 0 Å². The molecule has 0 saturated heterocycles. The maximum absolute atomic E-state index is 6.27. The zero-order valence-corrected chi connectivity index (χ0v) is 23.0. The van der Waals surface area contributed by atoms with Gasteiger partial charge >= 0.3 is 0 Å². The van der Waals surface area contributed by atoms with Gasteiger partial charge < -0.3 is 10.6 Å². The Morgan fingerprint density at radius 1 is 0.818 bits per heavy atom. The van der Waals surface area contributed by atoms with Crippen LogP contribution in [0.4, 0.5) is 11.6 Å². The maximum atomic E-state index is 6.27. The van der Waals surface area contributed by atoms with Gasteiger partial charge in [-0.2, -0.15) is 10.2 Å². The van der Waals surface area contributed by atoms with Crippen molar-refractivity contribution in [2.24, 2.45) is 0 Å². The summed E-state index contributed by atoms with van der Waals surface area (Å²) in [7, 11) is 0. The van der Waals surface area contributed by atoms with Gasteiger partial charge in [-0.1, -0.05) is 59.1 Å². The number of anilines is 2. The average Bonchev–Trinajstić information content (AvgIpc) is 3.27. The average molecular weight is 650 g/mol. The summed E-state index contributed by atoms with van der Waals surface area (Å²) in [5.74, 6) is 1.13. The van der Waals surface area contributed by atoms with Crippen molar-refractivity contribution in [3.05, 3.63) is 90.0 Å². The van der Waals surface area contributed by atoms with Crippen molar-refractivity contribution < 1.29 is 0 Å². The van der Waals surface area contributed by atoms with Crippen LogP contribution < -0.4 is 10.6 Å². The second-order valence-electron chi connectivity index (χ2n) is 6.95. The van der Waals surface area contributed by atoms with E-state index in [2.05, 4.69) is 52.7 Å². The van der Waals surface area contributed by atoms with Crippen molar-refractivity contribution in [1.29, 1.82) is 0 Å². The van der Waals surface area contributed by atoms with Crippen molar-refractivity contribution in [1.82, 2.24) is 19.6 Å². The Bertz CT molecular complexity index is 1320. The quantitative estimate of drug-likeness (QED) is 0.212. The number of rotatable bonds is 6. The van der Waals surface area contributed by atoms with Crippen LogP contribution in [-0.2, 0) is 13.1 Å². The molecule has 4 aromatic rings. The van der Waals surface area contributed by atoms with E-state index in [4.69, 9.17) is 47.0 Å².